The summed E-state index contributed by atoms with van der Waals surface area (Å²) in [5, 5.41) is 11.0. The number of benzene rings is 1. The van der Waals surface area contributed by atoms with Gasteiger partial charge in [-0.25, -0.2) is 4.68 Å². The fraction of sp³-hybridized carbons (Fsp3) is 0.417. The number of nitrogens with one attached hydrogen (secondary N) is 2. The highest BCUT2D eigenvalue weighted by Crippen LogP contribution is 2.52. The zero-order chi connectivity index (χ0) is 22.9. The van der Waals surface area contributed by atoms with E-state index in [-0.39, 0.29) is 59.5 Å². The number of rotatable bonds is 7. The third-order valence-electron chi connectivity index (χ3n) is 6.83. The normalized spacial score (nSPS) is 24.9. The molecule has 2 aromatic rings. The van der Waals surface area contributed by atoms with Gasteiger partial charge >= 0.3 is 0 Å². The minimum Gasteiger partial charge on any atom is -0.497 e. The molecule has 34 heavy (non-hydrogen) atoms. The molecule has 9 nitrogen and oxygen atoms in total. The Balaban J connectivity index is 0.00000274. The monoisotopic (exact) mass is 576 g/mol. The number of allylic oxidation sites excluding steroid dienone is 2. The summed E-state index contributed by atoms with van der Waals surface area (Å²) in [7, 11) is 3.33. The van der Waals surface area contributed by atoms with Crippen LogP contribution < -0.4 is 15.4 Å². The van der Waals surface area contributed by atoms with Gasteiger partial charge in [0.1, 0.15) is 5.75 Å². The Bertz CT molecular complexity index is 1080. The molecule has 1 aromatic heterocycles. The van der Waals surface area contributed by atoms with E-state index in [1.165, 1.54) is 4.90 Å². The lowest BCUT2D eigenvalue weighted by molar-refractivity contribution is -0.140. The van der Waals surface area contributed by atoms with Crippen molar-refractivity contribution in [1.29, 1.82) is 0 Å². The summed E-state index contributed by atoms with van der Waals surface area (Å²) in [5.41, 5.74) is 1.80. The van der Waals surface area contributed by atoms with Crippen LogP contribution in [0.15, 0.2) is 53.7 Å². The molecular formula is C24H29IN6O3. The Morgan fingerprint density at radius 2 is 1.76 bits per heavy atom. The molecule has 2 amide bonds. The Morgan fingerprint density at radius 1 is 1.09 bits per heavy atom. The van der Waals surface area contributed by atoms with E-state index in [2.05, 4.69) is 32.9 Å². The molecular weight excluding hydrogens is 547 g/mol. The molecule has 180 valence electrons. The zero-order valence-electron chi connectivity index (χ0n) is 19.2. The number of hydrogen-bond donors (Lipinski definition) is 2. The van der Waals surface area contributed by atoms with Gasteiger partial charge in [-0.15, -0.1) is 24.0 Å². The summed E-state index contributed by atoms with van der Waals surface area (Å²) in [6.07, 6.45) is 7.07. The molecule has 0 spiro atoms. The molecule has 1 aromatic carbocycles. The number of amides is 2. The summed E-state index contributed by atoms with van der Waals surface area (Å²) in [6.45, 7) is 1.28. The van der Waals surface area contributed by atoms with Gasteiger partial charge in [0.25, 0.3) is 0 Å². The van der Waals surface area contributed by atoms with Crippen molar-refractivity contribution in [3.8, 4) is 11.4 Å². The highest BCUT2D eigenvalue weighted by molar-refractivity contribution is 14.0. The summed E-state index contributed by atoms with van der Waals surface area (Å²) in [5.74, 6) is 1.54. The van der Waals surface area contributed by atoms with E-state index in [4.69, 9.17) is 4.74 Å². The van der Waals surface area contributed by atoms with Crippen molar-refractivity contribution in [1.82, 2.24) is 25.3 Å². The smallest absolute Gasteiger partial charge is 0.233 e. The van der Waals surface area contributed by atoms with E-state index in [1.807, 2.05) is 36.5 Å². The number of carbonyl (C=O) groups is 2. The lowest BCUT2D eigenvalue weighted by atomic mass is 9.85. The van der Waals surface area contributed by atoms with Crippen LogP contribution in [0.2, 0.25) is 0 Å². The average molecular weight is 576 g/mol. The topological polar surface area (TPSA) is 101 Å². The molecule has 4 unspecified atom stereocenters. The molecule has 0 radical (unpaired) electrons. The van der Waals surface area contributed by atoms with Crippen molar-refractivity contribution in [2.75, 3.05) is 27.2 Å². The minimum absolute atomic E-state index is 0. The largest absolute Gasteiger partial charge is 0.497 e. The first-order valence-corrected chi connectivity index (χ1v) is 11.3. The number of ether oxygens (including phenoxy) is 1. The first-order valence-electron chi connectivity index (χ1n) is 11.3. The van der Waals surface area contributed by atoms with Gasteiger partial charge < -0.3 is 15.4 Å². The van der Waals surface area contributed by atoms with Gasteiger partial charge in [0.2, 0.25) is 11.8 Å². The molecule has 2 heterocycles. The highest BCUT2D eigenvalue weighted by atomic mass is 127. The lowest BCUT2D eigenvalue weighted by Gasteiger charge is -2.18. The molecule has 1 aliphatic heterocycles. The van der Waals surface area contributed by atoms with Crippen LogP contribution in [0.25, 0.3) is 5.69 Å². The molecule has 4 atom stereocenters. The van der Waals surface area contributed by atoms with Crippen LogP contribution in [0.4, 0.5) is 0 Å². The van der Waals surface area contributed by atoms with Crippen LogP contribution in [0, 0.1) is 23.7 Å². The number of halogens is 1. The Morgan fingerprint density at radius 3 is 2.38 bits per heavy atom. The predicted molar refractivity (Wildman–Crippen MR) is 138 cm³/mol. The van der Waals surface area contributed by atoms with E-state index in [0.29, 0.717) is 25.6 Å². The van der Waals surface area contributed by atoms with E-state index in [1.54, 1.807) is 18.8 Å². The number of carbonyl (C=O) groups excluding carboxylic acids is 2. The molecule has 2 fully saturated rings. The van der Waals surface area contributed by atoms with Crippen molar-refractivity contribution in [2.45, 2.75) is 13.0 Å². The lowest BCUT2D eigenvalue weighted by Crippen LogP contribution is -2.43. The van der Waals surface area contributed by atoms with E-state index < -0.39 is 0 Å². The van der Waals surface area contributed by atoms with Crippen molar-refractivity contribution in [3.05, 3.63) is 54.4 Å². The van der Waals surface area contributed by atoms with Crippen molar-refractivity contribution in [2.24, 2.45) is 28.7 Å². The Kier molecular flexibility index (Phi) is 7.24. The predicted octanol–water partition coefficient (Wildman–Crippen LogP) is 1.97. The third kappa shape index (κ3) is 4.42. The first-order chi connectivity index (χ1) is 16.1. The number of methoxy groups -OCH3 is 1. The maximum atomic E-state index is 12.8. The molecule has 2 N–H and O–H groups in total. The molecule has 2 aliphatic carbocycles. The maximum absolute atomic E-state index is 12.8. The van der Waals surface area contributed by atoms with Gasteiger partial charge in [-0.1, -0.05) is 12.2 Å². The quantitative estimate of drug-likeness (QED) is 0.172. The van der Waals surface area contributed by atoms with Gasteiger partial charge in [-0.2, -0.15) is 5.10 Å². The average Bonchev–Trinajstić information content (AvgIpc) is 3.62. The van der Waals surface area contributed by atoms with Gasteiger partial charge in [0, 0.05) is 26.3 Å². The summed E-state index contributed by atoms with van der Waals surface area (Å²) in [6, 6.07) is 9.61. The third-order valence-corrected chi connectivity index (χ3v) is 6.83. The van der Waals surface area contributed by atoms with Crippen LogP contribution in [0.1, 0.15) is 12.1 Å². The number of aliphatic imine (C=N–C) groups is 1. The van der Waals surface area contributed by atoms with Crippen LogP contribution >= 0.6 is 24.0 Å². The highest BCUT2D eigenvalue weighted by Gasteiger charge is 2.58. The number of aromatic nitrogens is 2. The van der Waals surface area contributed by atoms with Crippen molar-refractivity contribution in [3.63, 3.8) is 0 Å². The summed E-state index contributed by atoms with van der Waals surface area (Å²) in [4.78, 5) is 31.2. The van der Waals surface area contributed by atoms with Crippen LogP contribution in [0.3, 0.4) is 0 Å². The standard InChI is InChI=1S/C24H28N6O3.HI/c1-25-24(27-14-17-9-11-30(28-17)18-5-7-19(33-2)8-6-18)26-10-12-29-22(31)20-15-3-4-16(13-15)21(20)23(29)32;/h3-9,11,15-16,20-21H,10,12-14H2,1-2H3,(H2,25,26,27);1H. The number of imide groups is 1. The van der Waals surface area contributed by atoms with Crippen molar-refractivity contribution < 1.29 is 14.3 Å². The second kappa shape index (κ2) is 10.2. The molecule has 2 bridgehead atoms. The van der Waals surface area contributed by atoms with E-state index in [0.717, 1.165) is 23.6 Å². The van der Waals surface area contributed by atoms with Gasteiger partial charge in [0.05, 0.1) is 36.9 Å². The molecule has 10 heteroatoms. The molecule has 5 rings (SSSR count). The number of guanidine groups is 1. The maximum Gasteiger partial charge on any atom is 0.233 e. The van der Waals surface area contributed by atoms with Gasteiger partial charge in [-0.05, 0) is 48.6 Å². The second-order valence-electron chi connectivity index (χ2n) is 8.63. The number of likely N-dealkylation sites (tertiary alicyclic amines) is 1. The van der Waals surface area contributed by atoms with Crippen molar-refractivity contribution >= 4 is 41.8 Å². The van der Waals surface area contributed by atoms with Gasteiger partial charge in [-0.3, -0.25) is 19.5 Å². The van der Waals surface area contributed by atoms with E-state index >= 15 is 0 Å². The number of fused-ring (bicyclic) bond motifs is 5. The summed E-state index contributed by atoms with van der Waals surface area (Å²) >= 11 is 0. The van der Waals surface area contributed by atoms with Crippen LogP contribution in [-0.2, 0) is 16.1 Å². The minimum atomic E-state index is -0.147. The molecule has 1 saturated heterocycles. The van der Waals surface area contributed by atoms with Crippen LogP contribution in [0.5, 0.6) is 5.75 Å². The van der Waals surface area contributed by atoms with Gasteiger partial charge in [0.15, 0.2) is 5.96 Å². The fourth-order valence-electron chi connectivity index (χ4n) is 5.20. The fourth-order valence-corrected chi connectivity index (χ4v) is 5.20. The SMILES string of the molecule is CN=C(NCCN1C(=O)C2C3C=CC(C3)C2C1=O)NCc1ccn(-c2ccc(OC)cc2)n1.I. The Labute approximate surface area is 215 Å². The first kappa shape index (κ1) is 24.2. The molecule has 3 aliphatic rings. The zero-order valence-corrected chi connectivity index (χ0v) is 21.5. The molecule has 1 saturated carbocycles. The van der Waals surface area contributed by atoms with Crippen LogP contribution in [-0.4, -0.2) is 59.7 Å². The van der Waals surface area contributed by atoms with E-state index in [9.17, 15) is 9.59 Å². The summed E-state index contributed by atoms with van der Waals surface area (Å²) < 4.78 is 6.99. The number of nitrogens with zero attached hydrogens (tertiary/aromatic N) is 4. The number of hydrogen-bond acceptors (Lipinski definition) is 5. The second-order valence-corrected chi connectivity index (χ2v) is 8.63. The Hall–Kier alpha value is -2.89.